The third-order valence-corrected chi connectivity index (χ3v) is 7.45. The third-order valence-electron chi connectivity index (χ3n) is 7.10. The molecule has 3 heterocycles. The molecule has 0 saturated carbocycles. The third kappa shape index (κ3) is 5.00. The number of nitrogens with one attached hydrogen (secondary N) is 1. The average Bonchev–Trinajstić information content (AvgIpc) is 3.04. The zero-order valence-electron chi connectivity index (χ0n) is 18.8. The summed E-state index contributed by atoms with van der Waals surface area (Å²) in [5, 5.41) is 3.15. The summed E-state index contributed by atoms with van der Waals surface area (Å²) in [5.41, 5.74) is -0.779. The van der Waals surface area contributed by atoms with E-state index in [1.165, 1.54) is 17.0 Å². The first-order chi connectivity index (χ1) is 15.8. The lowest BCUT2D eigenvalue weighted by molar-refractivity contribution is -0.135. The molecule has 1 atom stereocenters. The molecule has 3 aliphatic rings. The molecular formula is C23H30ClFN4O4. The molecular weight excluding hydrogens is 451 g/mol. The lowest BCUT2D eigenvalue weighted by atomic mass is 9.79. The second kappa shape index (κ2) is 9.95. The van der Waals surface area contributed by atoms with Crippen LogP contribution in [-0.4, -0.2) is 90.6 Å². The molecule has 8 nitrogen and oxygen atoms in total. The molecule has 4 rings (SSSR count). The largest absolute Gasteiger partial charge is 0.379 e. The predicted molar refractivity (Wildman–Crippen MR) is 120 cm³/mol. The van der Waals surface area contributed by atoms with Crippen molar-refractivity contribution in [1.29, 1.82) is 0 Å². The number of amides is 4. The summed E-state index contributed by atoms with van der Waals surface area (Å²) in [5.74, 6) is -0.971. The van der Waals surface area contributed by atoms with Crippen molar-refractivity contribution in [2.75, 3.05) is 52.5 Å². The number of rotatable bonds is 6. The minimum absolute atomic E-state index is 0.0802. The van der Waals surface area contributed by atoms with Crippen LogP contribution < -0.4 is 5.32 Å². The van der Waals surface area contributed by atoms with Crippen LogP contribution in [0.15, 0.2) is 18.2 Å². The van der Waals surface area contributed by atoms with Crippen LogP contribution in [0.3, 0.4) is 0 Å². The van der Waals surface area contributed by atoms with Crippen molar-refractivity contribution in [2.45, 2.75) is 31.7 Å². The van der Waals surface area contributed by atoms with E-state index in [9.17, 15) is 18.8 Å². The zero-order valence-corrected chi connectivity index (χ0v) is 19.6. The van der Waals surface area contributed by atoms with E-state index in [0.717, 1.165) is 13.1 Å². The maximum atomic E-state index is 14.0. The van der Waals surface area contributed by atoms with E-state index in [0.29, 0.717) is 52.2 Å². The zero-order chi connectivity index (χ0) is 23.6. The number of likely N-dealkylation sites (tertiary alicyclic amines) is 1. The summed E-state index contributed by atoms with van der Waals surface area (Å²) in [6.45, 7) is 6.58. The number of ether oxygens (including phenoxy) is 1. The fourth-order valence-electron chi connectivity index (χ4n) is 4.93. The van der Waals surface area contributed by atoms with Gasteiger partial charge in [0.1, 0.15) is 11.4 Å². The SMILES string of the molecule is CC1(C2CCN(C(=O)Cc3c(F)cccc3Cl)CC2)NC(=O)N(CCN2CCOCC2)C1=O. The smallest absolute Gasteiger partial charge is 0.325 e. The summed E-state index contributed by atoms with van der Waals surface area (Å²) in [6.07, 6.45) is 1.06. The predicted octanol–water partition coefficient (Wildman–Crippen LogP) is 1.90. The van der Waals surface area contributed by atoms with Crippen molar-refractivity contribution < 1.29 is 23.5 Å². The highest BCUT2D eigenvalue weighted by atomic mass is 35.5. The van der Waals surface area contributed by atoms with Gasteiger partial charge in [0, 0.05) is 49.9 Å². The summed E-state index contributed by atoms with van der Waals surface area (Å²) in [6, 6.07) is 4.01. The summed E-state index contributed by atoms with van der Waals surface area (Å²) in [4.78, 5) is 43.7. The molecule has 3 fully saturated rings. The molecule has 10 heteroatoms. The van der Waals surface area contributed by atoms with E-state index < -0.39 is 11.4 Å². The molecule has 1 N–H and O–H groups in total. The van der Waals surface area contributed by atoms with E-state index in [-0.39, 0.29) is 40.8 Å². The van der Waals surface area contributed by atoms with Crippen LogP contribution in [0.2, 0.25) is 5.02 Å². The fraction of sp³-hybridized carbons (Fsp3) is 0.609. The Balaban J connectivity index is 1.32. The number of urea groups is 1. The molecule has 33 heavy (non-hydrogen) atoms. The van der Waals surface area contributed by atoms with Crippen LogP contribution in [-0.2, 0) is 20.7 Å². The molecule has 1 unspecified atom stereocenters. The van der Waals surface area contributed by atoms with Crippen molar-refractivity contribution in [3.05, 3.63) is 34.6 Å². The monoisotopic (exact) mass is 480 g/mol. The van der Waals surface area contributed by atoms with E-state index in [1.54, 1.807) is 17.9 Å². The molecule has 3 aliphatic heterocycles. The highest BCUT2D eigenvalue weighted by molar-refractivity contribution is 6.31. The Kier molecular flexibility index (Phi) is 7.21. The number of carbonyl (C=O) groups is 3. The quantitative estimate of drug-likeness (QED) is 0.629. The van der Waals surface area contributed by atoms with Crippen LogP contribution >= 0.6 is 11.6 Å². The van der Waals surface area contributed by atoms with E-state index >= 15 is 0 Å². The van der Waals surface area contributed by atoms with Crippen molar-refractivity contribution in [1.82, 2.24) is 20.0 Å². The average molecular weight is 481 g/mol. The molecule has 0 aromatic heterocycles. The van der Waals surface area contributed by atoms with Crippen molar-refractivity contribution >= 4 is 29.4 Å². The topological polar surface area (TPSA) is 82.2 Å². The second-order valence-corrected chi connectivity index (χ2v) is 9.48. The van der Waals surface area contributed by atoms with Gasteiger partial charge < -0.3 is 15.0 Å². The number of hydrogen-bond acceptors (Lipinski definition) is 5. The van der Waals surface area contributed by atoms with Crippen molar-refractivity contribution in [2.24, 2.45) is 5.92 Å². The van der Waals surface area contributed by atoms with Gasteiger partial charge in [0.05, 0.1) is 19.6 Å². The van der Waals surface area contributed by atoms with Crippen LogP contribution in [0.5, 0.6) is 0 Å². The van der Waals surface area contributed by atoms with Gasteiger partial charge in [-0.15, -0.1) is 0 Å². The lowest BCUT2D eigenvalue weighted by Gasteiger charge is -2.39. The Morgan fingerprint density at radius 1 is 1.18 bits per heavy atom. The van der Waals surface area contributed by atoms with Crippen LogP contribution in [0.1, 0.15) is 25.3 Å². The van der Waals surface area contributed by atoms with Gasteiger partial charge in [-0.05, 0) is 37.8 Å². The Bertz CT molecular complexity index is 897. The summed E-state index contributed by atoms with van der Waals surface area (Å²) >= 11 is 6.06. The molecule has 0 spiro atoms. The summed E-state index contributed by atoms with van der Waals surface area (Å²) in [7, 11) is 0. The number of imide groups is 1. The Morgan fingerprint density at radius 2 is 1.88 bits per heavy atom. The highest BCUT2D eigenvalue weighted by Crippen LogP contribution is 2.33. The molecule has 0 aliphatic carbocycles. The Hall–Kier alpha value is -2.23. The van der Waals surface area contributed by atoms with Gasteiger partial charge in [-0.25, -0.2) is 9.18 Å². The molecule has 4 amide bonds. The maximum absolute atomic E-state index is 14.0. The molecule has 0 bridgehead atoms. The molecule has 3 saturated heterocycles. The van der Waals surface area contributed by atoms with E-state index in [2.05, 4.69) is 10.2 Å². The number of carbonyl (C=O) groups excluding carboxylic acids is 3. The number of morpholine rings is 1. The number of nitrogens with zero attached hydrogens (tertiary/aromatic N) is 3. The standard InChI is InChI=1S/C23H30ClFN4O4/c1-23(21(31)29(22(32)26-23)10-9-27-11-13-33-14-12-27)16-5-7-28(8-6-16)20(30)15-17-18(24)3-2-4-19(17)25/h2-4,16H,5-15H2,1H3,(H,26,32). The van der Waals surface area contributed by atoms with Gasteiger partial charge in [0.2, 0.25) is 5.91 Å². The number of benzene rings is 1. The number of halogens is 2. The Morgan fingerprint density at radius 3 is 2.55 bits per heavy atom. The van der Waals surface area contributed by atoms with Crippen molar-refractivity contribution in [3.63, 3.8) is 0 Å². The second-order valence-electron chi connectivity index (χ2n) is 9.08. The van der Waals surface area contributed by atoms with E-state index in [1.807, 2.05) is 0 Å². The van der Waals surface area contributed by atoms with Crippen LogP contribution in [0, 0.1) is 11.7 Å². The molecule has 1 aromatic carbocycles. The van der Waals surface area contributed by atoms with Gasteiger partial charge in [-0.3, -0.25) is 19.4 Å². The lowest BCUT2D eigenvalue weighted by Crippen LogP contribution is -2.54. The Labute approximate surface area is 198 Å². The molecule has 1 aromatic rings. The maximum Gasteiger partial charge on any atom is 0.325 e. The number of piperidine rings is 1. The number of hydrogen-bond donors (Lipinski definition) is 1. The molecule has 0 radical (unpaired) electrons. The first-order valence-corrected chi connectivity index (χ1v) is 11.8. The normalized spacial score (nSPS) is 24.9. The molecule has 180 valence electrons. The first kappa shape index (κ1) is 23.9. The van der Waals surface area contributed by atoms with Gasteiger partial charge >= 0.3 is 6.03 Å². The van der Waals surface area contributed by atoms with Gasteiger partial charge in [0.15, 0.2) is 0 Å². The van der Waals surface area contributed by atoms with Crippen LogP contribution in [0.25, 0.3) is 0 Å². The minimum Gasteiger partial charge on any atom is -0.379 e. The fourth-order valence-corrected chi connectivity index (χ4v) is 5.16. The highest BCUT2D eigenvalue weighted by Gasteiger charge is 2.52. The van der Waals surface area contributed by atoms with Gasteiger partial charge in [-0.2, -0.15) is 0 Å². The van der Waals surface area contributed by atoms with Crippen molar-refractivity contribution in [3.8, 4) is 0 Å². The minimum atomic E-state index is -0.980. The first-order valence-electron chi connectivity index (χ1n) is 11.4. The van der Waals surface area contributed by atoms with Gasteiger partial charge in [0.25, 0.3) is 5.91 Å². The van der Waals surface area contributed by atoms with Crippen LogP contribution in [0.4, 0.5) is 9.18 Å². The van der Waals surface area contributed by atoms with E-state index in [4.69, 9.17) is 16.3 Å². The van der Waals surface area contributed by atoms with Gasteiger partial charge in [-0.1, -0.05) is 17.7 Å². The summed E-state index contributed by atoms with van der Waals surface area (Å²) < 4.78 is 19.4.